The van der Waals surface area contributed by atoms with Crippen LogP contribution in [0, 0.1) is 5.92 Å². The number of aromatic nitrogens is 2. The fourth-order valence-corrected chi connectivity index (χ4v) is 2.96. The molecule has 4 N–H and O–H groups in total. The van der Waals surface area contributed by atoms with Gasteiger partial charge >= 0.3 is 6.09 Å². The molecule has 124 valence electrons. The molecule has 22 heavy (non-hydrogen) atoms. The Bertz CT molecular complexity index is 457. The lowest BCUT2D eigenvalue weighted by Gasteiger charge is -2.19. The number of hydrogen-bond donors (Lipinski definition) is 3. The van der Waals surface area contributed by atoms with E-state index in [1.165, 1.54) is 32.1 Å². The van der Waals surface area contributed by atoms with Crippen molar-refractivity contribution in [2.45, 2.75) is 63.8 Å². The highest BCUT2D eigenvalue weighted by atomic mass is 16.5. The zero-order chi connectivity index (χ0) is 15.8. The second-order valence-electron chi connectivity index (χ2n) is 6.09. The van der Waals surface area contributed by atoms with Gasteiger partial charge in [0.1, 0.15) is 0 Å². The smallest absolute Gasteiger partial charge is 0.404 e. The Morgan fingerprint density at radius 1 is 1.36 bits per heavy atom. The number of rotatable bonds is 8. The van der Waals surface area contributed by atoms with Gasteiger partial charge in [-0.25, -0.2) is 4.79 Å². The molecule has 1 fully saturated rings. The average Bonchev–Trinajstić information content (AvgIpc) is 2.96. The lowest BCUT2D eigenvalue weighted by Crippen LogP contribution is -2.22. The van der Waals surface area contributed by atoms with Crippen LogP contribution in [0.4, 0.5) is 4.79 Å². The summed E-state index contributed by atoms with van der Waals surface area (Å²) in [5, 5.41) is 14.8. The number of nitrogens with one attached hydrogen (secondary N) is 1. The number of carbonyl (C=O) groups is 1. The number of nitrogens with zero attached hydrogens (tertiary/aromatic N) is 2. The van der Waals surface area contributed by atoms with Crippen LogP contribution in [0.5, 0.6) is 0 Å². The van der Waals surface area contributed by atoms with Gasteiger partial charge in [0.15, 0.2) is 5.82 Å². The number of hydrogen-bond acceptors (Lipinski definition) is 5. The van der Waals surface area contributed by atoms with E-state index in [9.17, 15) is 4.79 Å². The predicted molar refractivity (Wildman–Crippen MR) is 81.4 cm³/mol. The molecule has 1 heterocycles. The van der Waals surface area contributed by atoms with E-state index in [2.05, 4.69) is 15.5 Å². The fourth-order valence-electron chi connectivity index (χ4n) is 2.96. The Morgan fingerprint density at radius 3 is 2.86 bits per heavy atom. The highest BCUT2D eigenvalue weighted by Gasteiger charge is 2.19. The van der Waals surface area contributed by atoms with Crippen LogP contribution in [0.2, 0.25) is 0 Å². The minimum Gasteiger partial charge on any atom is -0.465 e. The van der Waals surface area contributed by atoms with E-state index in [1.807, 2.05) is 0 Å². The molecule has 7 nitrogen and oxygen atoms in total. The second-order valence-corrected chi connectivity index (χ2v) is 6.09. The summed E-state index contributed by atoms with van der Waals surface area (Å²) in [6.07, 6.45) is 8.65. The Labute approximate surface area is 130 Å². The van der Waals surface area contributed by atoms with Crippen molar-refractivity contribution in [2.75, 3.05) is 6.54 Å². The van der Waals surface area contributed by atoms with Crippen molar-refractivity contribution in [3.63, 3.8) is 0 Å². The maximum Gasteiger partial charge on any atom is 0.404 e. The molecule has 1 amide bonds. The lowest BCUT2D eigenvalue weighted by molar-refractivity contribution is 0.194. The van der Waals surface area contributed by atoms with Gasteiger partial charge in [-0.15, -0.1) is 0 Å². The normalized spacial score (nSPS) is 17.3. The summed E-state index contributed by atoms with van der Waals surface area (Å²) < 4.78 is 5.27. The molecule has 2 rings (SSSR count). The monoisotopic (exact) mass is 310 g/mol. The minimum atomic E-state index is -0.992. The molecule has 1 saturated carbocycles. The lowest BCUT2D eigenvalue weighted by atomic mass is 9.87. The van der Waals surface area contributed by atoms with Crippen molar-refractivity contribution in [3.8, 4) is 0 Å². The van der Waals surface area contributed by atoms with Gasteiger partial charge in [0.25, 0.3) is 0 Å². The summed E-state index contributed by atoms with van der Waals surface area (Å²) in [5.74, 6) is 1.94. The van der Waals surface area contributed by atoms with Gasteiger partial charge in [0.05, 0.1) is 6.04 Å². The van der Waals surface area contributed by atoms with Gasteiger partial charge in [-0.3, -0.25) is 0 Å². The Hall–Kier alpha value is -1.63. The molecule has 1 aromatic heterocycles. The predicted octanol–water partition coefficient (Wildman–Crippen LogP) is 2.63. The van der Waals surface area contributed by atoms with Crippen LogP contribution in [-0.4, -0.2) is 27.9 Å². The largest absolute Gasteiger partial charge is 0.465 e. The fraction of sp³-hybridized carbons (Fsp3) is 0.800. The van der Waals surface area contributed by atoms with Gasteiger partial charge in [0.2, 0.25) is 5.89 Å². The van der Waals surface area contributed by atoms with Crippen LogP contribution < -0.4 is 11.1 Å². The second kappa shape index (κ2) is 8.73. The molecule has 0 aromatic carbocycles. The number of carboxylic acid groups (broad SMARTS) is 1. The molecule has 0 radical (unpaired) electrons. The van der Waals surface area contributed by atoms with Crippen molar-refractivity contribution < 1.29 is 14.4 Å². The van der Waals surface area contributed by atoms with Crippen molar-refractivity contribution >= 4 is 6.09 Å². The third-order valence-electron chi connectivity index (χ3n) is 4.22. The van der Waals surface area contributed by atoms with E-state index in [0.29, 0.717) is 24.8 Å². The van der Waals surface area contributed by atoms with E-state index in [0.717, 1.165) is 25.1 Å². The van der Waals surface area contributed by atoms with Crippen LogP contribution >= 0.6 is 0 Å². The number of amides is 1. The minimum absolute atomic E-state index is 0.266. The van der Waals surface area contributed by atoms with Crippen molar-refractivity contribution in [1.82, 2.24) is 15.5 Å². The van der Waals surface area contributed by atoms with Gasteiger partial charge in [-0.1, -0.05) is 37.3 Å². The Morgan fingerprint density at radius 2 is 2.14 bits per heavy atom. The molecular weight excluding hydrogens is 284 g/mol. The quantitative estimate of drug-likeness (QED) is 0.636. The molecule has 0 saturated heterocycles. The van der Waals surface area contributed by atoms with Crippen molar-refractivity contribution in [2.24, 2.45) is 11.7 Å². The standard InChI is InChI=1S/C15H26N4O3/c16-12(8-4-5-9-17-15(20)21)14-18-13(19-22-14)10-11-6-2-1-3-7-11/h11-12,17H,1-10,16H2,(H,20,21). The molecule has 1 aliphatic carbocycles. The van der Waals surface area contributed by atoms with Crippen LogP contribution in [0.1, 0.15) is 69.1 Å². The van der Waals surface area contributed by atoms with E-state index >= 15 is 0 Å². The third-order valence-corrected chi connectivity index (χ3v) is 4.22. The zero-order valence-electron chi connectivity index (χ0n) is 13.0. The molecule has 0 spiro atoms. The molecule has 1 aromatic rings. The molecular formula is C15H26N4O3. The van der Waals surface area contributed by atoms with Gasteiger partial charge in [-0.05, 0) is 25.2 Å². The average molecular weight is 310 g/mol. The molecule has 0 aliphatic heterocycles. The van der Waals surface area contributed by atoms with E-state index in [4.69, 9.17) is 15.4 Å². The maximum atomic E-state index is 10.3. The topological polar surface area (TPSA) is 114 Å². The molecule has 7 heteroatoms. The van der Waals surface area contributed by atoms with Gasteiger partial charge < -0.3 is 20.7 Å². The Kier molecular flexibility index (Phi) is 6.64. The first-order chi connectivity index (χ1) is 10.6. The van der Waals surface area contributed by atoms with Crippen LogP contribution in [0.25, 0.3) is 0 Å². The first kappa shape index (κ1) is 16.7. The highest BCUT2D eigenvalue weighted by molar-refractivity contribution is 5.64. The summed E-state index contributed by atoms with van der Waals surface area (Å²) in [7, 11) is 0. The number of nitrogens with two attached hydrogens (primary N) is 1. The highest BCUT2D eigenvalue weighted by Crippen LogP contribution is 2.26. The maximum absolute atomic E-state index is 10.3. The number of unbranched alkanes of at least 4 members (excludes halogenated alkanes) is 1. The molecule has 1 unspecified atom stereocenters. The SMILES string of the molecule is NC(CCCCNC(=O)O)c1nc(CC2CCCCC2)no1. The van der Waals surface area contributed by atoms with Gasteiger partial charge in [-0.2, -0.15) is 4.98 Å². The summed E-state index contributed by atoms with van der Waals surface area (Å²) in [5.41, 5.74) is 6.05. The molecule has 1 aliphatic rings. The van der Waals surface area contributed by atoms with Crippen LogP contribution in [0.15, 0.2) is 4.52 Å². The first-order valence-corrected chi connectivity index (χ1v) is 8.20. The van der Waals surface area contributed by atoms with Crippen molar-refractivity contribution in [3.05, 3.63) is 11.7 Å². The van der Waals surface area contributed by atoms with E-state index in [1.54, 1.807) is 0 Å². The van der Waals surface area contributed by atoms with E-state index in [-0.39, 0.29) is 6.04 Å². The van der Waals surface area contributed by atoms with Crippen molar-refractivity contribution in [1.29, 1.82) is 0 Å². The zero-order valence-corrected chi connectivity index (χ0v) is 13.0. The molecule has 1 atom stereocenters. The summed E-state index contributed by atoms with van der Waals surface area (Å²) in [6, 6.07) is -0.266. The summed E-state index contributed by atoms with van der Waals surface area (Å²) in [6.45, 7) is 0.443. The summed E-state index contributed by atoms with van der Waals surface area (Å²) in [4.78, 5) is 14.7. The first-order valence-electron chi connectivity index (χ1n) is 8.20. The van der Waals surface area contributed by atoms with Crippen LogP contribution in [-0.2, 0) is 6.42 Å². The summed E-state index contributed by atoms with van der Waals surface area (Å²) >= 11 is 0. The molecule has 0 bridgehead atoms. The van der Waals surface area contributed by atoms with Gasteiger partial charge in [0, 0.05) is 13.0 Å². The third kappa shape index (κ3) is 5.63. The van der Waals surface area contributed by atoms with Crippen LogP contribution in [0.3, 0.4) is 0 Å². The Balaban J connectivity index is 1.69. The van der Waals surface area contributed by atoms with E-state index < -0.39 is 6.09 Å².